The molecule has 4 nitrogen and oxygen atoms in total. The first kappa shape index (κ1) is 16.5. The highest BCUT2D eigenvalue weighted by molar-refractivity contribution is 6.30. The maximum Gasteiger partial charge on any atom is 0.252 e. The number of ether oxygens (including phenoxy) is 1. The topological polar surface area (TPSA) is 38.8 Å². The molecule has 2 aliphatic heterocycles. The number of hydrogen-bond acceptors (Lipinski definition) is 3. The summed E-state index contributed by atoms with van der Waals surface area (Å²) in [6.07, 6.45) is 7.53. The van der Waals surface area contributed by atoms with E-state index >= 15 is 0 Å². The van der Waals surface area contributed by atoms with Crippen LogP contribution < -0.4 is 0 Å². The molecule has 1 aromatic carbocycles. The molecule has 1 amide bonds. The Balaban J connectivity index is 1.48. The van der Waals surface area contributed by atoms with Crippen LogP contribution in [0.2, 0.25) is 5.02 Å². The van der Waals surface area contributed by atoms with E-state index in [0.29, 0.717) is 13.0 Å². The first-order valence-corrected chi connectivity index (χ1v) is 8.56. The van der Waals surface area contributed by atoms with Gasteiger partial charge in [0.25, 0.3) is 5.91 Å². The standard InChI is InChI=1S/C18H22ClNO3/c1-13-16(6-4-5-14-8-10-15(19)11-9-14)18(21)20(13)23-17-7-2-3-12-22-17/h4-5,8-11,13,16-17H,2-3,6-7,12H2,1H3. The van der Waals surface area contributed by atoms with Crippen molar-refractivity contribution in [2.45, 2.75) is 44.9 Å². The number of carbonyl (C=O) groups excluding carboxylic acids is 1. The van der Waals surface area contributed by atoms with E-state index in [1.165, 1.54) is 5.06 Å². The van der Waals surface area contributed by atoms with Crippen molar-refractivity contribution >= 4 is 23.6 Å². The fourth-order valence-electron chi connectivity index (χ4n) is 2.94. The van der Waals surface area contributed by atoms with Gasteiger partial charge in [0.15, 0.2) is 6.29 Å². The number of carbonyl (C=O) groups is 1. The van der Waals surface area contributed by atoms with Gasteiger partial charge in [-0.3, -0.25) is 4.79 Å². The van der Waals surface area contributed by atoms with Gasteiger partial charge in [0, 0.05) is 18.1 Å². The van der Waals surface area contributed by atoms with Crippen LogP contribution in [0.15, 0.2) is 30.3 Å². The van der Waals surface area contributed by atoms with E-state index in [1.54, 1.807) is 0 Å². The maximum absolute atomic E-state index is 12.2. The predicted octanol–water partition coefficient (Wildman–Crippen LogP) is 4.05. The monoisotopic (exact) mass is 335 g/mol. The molecule has 0 aliphatic carbocycles. The zero-order valence-corrected chi connectivity index (χ0v) is 14.0. The fourth-order valence-corrected chi connectivity index (χ4v) is 3.07. The summed E-state index contributed by atoms with van der Waals surface area (Å²) >= 11 is 5.86. The lowest BCUT2D eigenvalue weighted by atomic mass is 9.88. The zero-order chi connectivity index (χ0) is 16.2. The van der Waals surface area contributed by atoms with E-state index in [4.69, 9.17) is 21.2 Å². The van der Waals surface area contributed by atoms with Crippen LogP contribution in [-0.4, -0.2) is 29.9 Å². The number of halogens is 1. The zero-order valence-electron chi connectivity index (χ0n) is 13.3. The van der Waals surface area contributed by atoms with Crippen LogP contribution in [0.1, 0.15) is 38.2 Å². The molecule has 23 heavy (non-hydrogen) atoms. The van der Waals surface area contributed by atoms with Crippen LogP contribution in [0.4, 0.5) is 0 Å². The van der Waals surface area contributed by atoms with Crippen molar-refractivity contribution in [1.82, 2.24) is 5.06 Å². The smallest absolute Gasteiger partial charge is 0.252 e. The minimum atomic E-state index is -0.263. The molecule has 3 unspecified atom stereocenters. The second-order valence-corrected chi connectivity index (χ2v) is 6.54. The number of benzene rings is 1. The average molecular weight is 336 g/mol. The first-order valence-electron chi connectivity index (χ1n) is 8.19. The van der Waals surface area contributed by atoms with Crippen molar-refractivity contribution in [2.24, 2.45) is 5.92 Å². The van der Waals surface area contributed by atoms with Gasteiger partial charge in [-0.25, -0.2) is 9.90 Å². The number of hydrogen-bond donors (Lipinski definition) is 0. The van der Waals surface area contributed by atoms with Crippen LogP contribution in [0.5, 0.6) is 0 Å². The molecule has 2 heterocycles. The van der Waals surface area contributed by atoms with E-state index in [1.807, 2.05) is 43.3 Å². The second-order valence-electron chi connectivity index (χ2n) is 6.10. The lowest BCUT2D eigenvalue weighted by molar-refractivity contribution is -0.316. The van der Waals surface area contributed by atoms with Gasteiger partial charge >= 0.3 is 0 Å². The molecule has 0 bridgehead atoms. The van der Waals surface area contributed by atoms with E-state index in [0.717, 1.165) is 29.8 Å². The number of hydroxylamine groups is 2. The molecule has 0 saturated carbocycles. The number of β-lactam (4-membered cyclic amide) rings is 1. The van der Waals surface area contributed by atoms with Crippen molar-refractivity contribution in [3.8, 4) is 0 Å². The predicted molar refractivity (Wildman–Crippen MR) is 89.6 cm³/mol. The summed E-state index contributed by atoms with van der Waals surface area (Å²) in [4.78, 5) is 17.9. The molecule has 2 saturated heterocycles. The molecule has 5 heteroatoms. The fraction of sp³-hybridized carbons (Fsp3) is 0.500. The summed E-state index contributed by atoms with van der Waals surface area (Å²) in [6, 6.07) is 7.72. The Kier molecular flexibility index (Phi) is 5.36. The molecular formula is C18H22ClNO3. The molecule has 0 radical (unpaired) electrons. The highest BCUT2D eigenvalue weighted by Gasteiger charge is 2.46. The van der Waals surface area contributed by atoms with Crippen molar-refractivity contribution in [3.05, 3.63) is 40.9 Å². The van der Waals surface area contributed by atoms with Crippen LogP contribution in [0.25, 0.3) is 6.08 Å². The third kappa shape index (κ3) is 3.94. The minimum absolute atomic E-state index is 0.0119. The lowest BCUT2D eigenvalue weighted by Crippen LogP contribution is -2.60. The molecule has 2 fully saturated rings. The third-order valence-electron chi connectivity index (χ3n) is 4.43. The number of amides is 1. The van der Waals surface area contributed by atoms with Crippen molar-refractivity contribution < 1.29 is 14.4 Å². The second kappa shape index (κ2) is 7.47. The van der Waals surface area contributed by atoms with E-state index < -0.39 is 0 Å². The van der Waals surface area contributed by atoms with Crippen LogP contribution in [0, 0.1) is 5.92 Å². The Bertz CT molecular complexity index is 566. The van der Waals surface area contributed by atoms with E-state index in [9.17, 15) is 4.79 Å². The summed E-state index contributed by atoms with van der Waals surface area (Å²) in [5.41, 5.74) is 1.08. The molecular weight excluding hydrogens is 314 g/mol. The molecule has 0 aromatic heterocycles. The van der Waals surface area contributed by atoms with Gasteiger partial charge in [0.2, 0.25) is 0 Å². The van der Waals surface area contributed by atoms with Gasteiger partial charge in [0.05, 0.1) is 12.0 Å². The minimum Gasteiger partial charge on any atom is -0.350 e. The van der Waals surface area contributed by atoms with Gasteiger partial charge in [-0.1, -0.05) is 35.9 Å². The Labute approximate surface area is 142 Å². The van der Waals surface area contributed by atoms with Gasteiger partial charge in [0.1, 0.15) is 0 Å². The SMILES string of the molecule is CC1C(CC=Cc2ccc(Cl)cc2)C(=O)N1OC1CCCCO1. The summed E-state index contributed by atoms with van der Waals surface area (Å²) in [6.45, 7) is 2.74. The molecule has 124 valence electrons. The summed E-state index contributed by atoms with van der Waals surface area (Å²) in [5, 5.41) is 2.21. The highest BCUT2D eigenvalue weighted by Crippen LogP contribution is 2.32. The van der Waals surface area contributed by atoms with Crippen LogP contribution in [-0.2, 0) is 14.4 Å². The highest BCUT2D eigenvalue weighted by atomic mass is 35.5. The molecule has 0 spiro atoms. The largest absolute Gasteiger partial charge is 0.350 e. The van der Waals surface area contributed by atoms with Gasteiger partial charge in [-0.05, 0) is 43.9 Å². The number of rotatable bonds is 5. The maximum atomic E-state index is 12.2. The van der Waals surface area contributed by atoms with Gasteiger partial charge < -0.3 is 4.74 Å². The molecule has 0 N–H and O–H groups in total. The van der Waals surface area contributed by atoms with Crippen LogP contribution in [0.3, 0.4) is 0 Å². The molecule has 3 atom stereocenters. The summed E-state index contributed by atoms with van der Waals surface area (Å²) in [7, 11) is 0. The third-order valence-corrected chi connectivity index (χ3v) is 4.68. The lowest BCUT2D eigenvalue weighted by Gasteiger charge is -2.45. The number of nitrogens with zero attached hydrogens (tertiary/aromatic N) is 1. The van der Waals surface area contributed by atoms with E-state index in [2.05, 4.69) is 0 Å². The summed E-state index contributed by atoms with van der Waals surface area (Å²) < 4.78 is 5.52. The Morgan fingerprint density at radius 3 is 2.78 bits per heavy atom. The van der Waals surface area contributed by atoms with Crippen molar-refractivity contribution in [1.29, 1.82) is 0 Å². The van der Waals surface area contributed by atoms with Crippen LogP contribution >= 0.6 is 11.6 Å². The average Bonchev–Trinajstić information content (AvgIpc) is 2.59. The molecule has 2 aliphatic rings. The Hall–Kier alpha value is -1.36. The molecule has 3 rings (SSSR count). The van der Waals surface area contributed by atoms with E-state index in [-0.39, 0.29) is 24.2 Å². The Morgan fingerprint density at radius 2 is 2.13 bits per heavy atom. The summed E-state index contributed by atoms with van der Waals surface area (Å²) in [5.74, 6) is 0.0366. The van der Waals surface area contributed by atoms with Crippen molar-refractivity contribution in [3.63, 3.8) is 0 Å². The van der Waals surface area contributed by atoms with Gasteiger partial charge in [-0.2, -0.15) is 0 Å². The van der Waals surface area contributed by atoms with Gasteiger partial charge in [-0.15, -0.1) is 0 Å². The Morgan fingerprint density at radius 1 is 1.35 bits per heavy atom. The first-order chi connectivity index (χ1) is 11.1. The number of allylic oxidation sites excluding steroid dienone is 1. The molecule has 1 aromatic rings. The quantitative estimate of drug-likeness (QED) is 0.762. The normalized spacial score (nSPS) is 28.2. The van der Waals surface area contributed by atoms with Crippen molar-refractivity contribution in [2.75, 3.05) is 6.61 Å².